The van der Waals surface area contributed by atoms with Gasteiger partial charge in [-0.05, 0) is 25.0 Å². The lowest BCUT2D eigenvalue weighted by atomic mass is 9.87. The number of rotatable bonds is 4. The Morgan fingerprint density at radius 1 is 1.19 bits per heavy atom. The van der Waals surface area contributed by atoms with Gasteiger partial charge in [-0.15, -0.1) is 5.10 Å². The largest absolute Gasteiger partial charge is 0.389 e. The molecule has 1 aliphatic rings. The van der Waals surface area contributed by atoms with Gasteiger partial charge in [0.15, 0.2) is 5.82 Å². The van der Waals surface area contributed by atoms with E-state index in [1.54, 1.807) is 12.1 Å². The number of hydrogen-bond donors (Lipinski definition) is 1. The van der Waals surface area contributed by atoms with Gasteiger partial charge in [0.25, 0.3) is 0 Å². The van der Waals surface area contributed by atoms with Crippen molar-refractivity contribution in [2.45, 2.75) is 57.0 Å². The average molecular weight is 301 g/mol. The summed E-state index contributed by atoms with van der Waals surface area (Å²) in [4.78, 5) is 11.4. The van der Waals surface area contributed by atoms with Crippen LogP contribution in [0.5, 0.6) is 0 Å². The molecular formula is C14H18F3N3O. The van der Waals surface area contributed by atoms with Crippen LogP contribution in [0.1, 0.15) is 56.6 Å². The molecule has 0 atom stereocenters. The van der Waals surface area contributed by atoms with Crippen molar-refractivity contribution >= 4 is 11.7 Å². The van der Waals surface area contributed by atoms with Crippen LogP contribution in [-0.4, -0.2) is 22.3 Å². The first kappa shape index (κ1) is 15.7. The first-order chi connectivity index (χ1) is 9.94. The molecule has 116 valence electrons. The van der Waals surface area contributed by atoms with Crippen molar-refractivity contribution in [2.75, 3.05) is 5.32 Å². The van der Waals surface area contributed by atoms with Gasteiger partial charge in [0, 0.05) is 12.3 Å². The standard InChI is InChI=1S/C14H18F3N3O/c15-14(16,17)9-8-13(21)18-12-7-6-11(19-20-12)10-4-2-1-3-5-10/h6-7,10H,1-5,8-9H2,(H,18,20,21). The second-order valence-electron chi connectivity index (χ2n) is 5.34. The van der Waals surface area contributed by atoms with Crippen molar-refractivity contribution in [1.29, 1.82) is 0 Å². The summed E-state index contributed by atoms with van der Waals surface area (Å²) in [5, 5.41) is 10.3. The van der Waals surface area contributed by atoms with Crippen LogP contribution in [0.2, 0.25) is 0 Å². The Morgan fingerprint density at radius 2 is 1.90 bits per heavy atom. The van der Waals surface area contributed by atoms with Crippen molar-refractivity contribution in [1.82, 2.24) is 10.2 Å². The first-order valence-electron chi connectivity index (χ1n) is 7.14. The molecule has 1 saturated carbocycles. The fourth-order valence-electron chi connectivity index (χ4n) is 2.49. The zero-order valence-corrected chi connectivity index (χ0v) is 11.6. The van der Waals surface area contributed by atoms with E-state index in [-0.39, 0.29) is 5.82 Å². The molecule has 1 N–H and O–H groups in total. The molecule has 7 heteroatoms. The van der Waals surface area contributed by atoms with Crippen LogP contribution < -0.4 is 5.32 Å². The van der Waals surface area contributed by atoms with Crippen LogP contribution in [0.15, 0.2) is 12.1 Å². The Hall–Kier alpha value is -1.66. The minimum Gasteiger partial charge on any atom is -0.309 e. The molecule has 1 aromatic heterocycles. The number of halogens is 3. The van der Waals surface area contributed by atoms with E-state index in [9.17, 15) is 18.0 Å². The van der Waals surface area contributed by atoms with E-state index >= 15 is 0 Å². The van der Waals surface area contributed by atoms with Crippen LogP contribution in [0, 0.1) is 0 Å². The summed E-state index contributed by atoms with van der Waals surface area (Å²) >= 11 is 0. The first-order valence-corrected chi connectivity index (χ1v) is 7.14. The smallest absolute Gasteiger partial charge is 0.309 e. The van der Waals surface area contributed by atoms with Crippen LogP contribution in [-0.2, 0) is 4.79 Å². The Labute approximate surface area is 121 Å². The Kier molecular flexibility index (Phi) is 5.14. The summed E-state index contributed by atoms with van der Waals surface area (Å²) in [5.74, 6) is -0.102. The van der Waals surface area contributed by atoms with Gasteiger partial charge < -0.3 is 5.32 Å². The molecular weight excluding hydrogens is 283 g/mol. The van der Waals surface area contributed by atoms with Crippen molar-refractivity contribution < 1.29 is 18.0 Å². The summed E-state index contributed by atoms with van der Waals surface area (Å²) in [6.07, 6.45) is -0.268. The number of hydrogen-bond acceptors (Lipinski definition) is 3. The number of carbonyl (C=O) groups is 1. The third-order valence-electron chi connectivity index (χ3n) is 3.61. The summed E-state index contributed by atoms with van der Waals surface area (Å²) in [7, 11) is 0. The number of nitrogens with zero attached hydrogens (tertiary/aromatic N) is 2. The predicted molar refractivity (Wildman–Crippen MR) is 71.8 cm³/mol. The summed E-state index contributed by atoms with van der Waals surface area (Å²) in [6, 6.07) is 3.39. The van der Waals surface area contributed by atoms with Crippen molar-refractivity contribution in [3.63, 3.8) is 0 Å². The maximum Gasteiger partial charge on any atom is 0.389 e. The summed E-state index contributed by atoms with van der Waals surface area (Å²) < 4.78 is 36.0. The molecule has 0 spiro atoms. The third-order valence-corrected chi connectivity index (χ3v) is 3.61. The number of amides is 1. The molecule has 0 bridgehead atoms. The number of alkyl halides is 3. The Balaban J connectivity index is 1.85. The molecule has 1 heterocycles. The number of carbonyl (C=O) groups excluding carboxylic acids is 1. The topological polar surface area (TPSA) is 54.9 Å². The van der Waals surface area contributed by atoms with Crippen molar-refractivity contribution in [3.8, 4) is 0 Å². The monoisotopic (exact) mass is 301 g/mol. The van der Waals surface area contributed by atoms with E-state index in [4.69, 9.17) is 0 Å². The normalized spacial score (nSPS) is 16.7. The van der Waals surface area contributed by atoms with Gasteiger partial charge >= 0.3 is 6.18 Å². The molecule has 1 aromatic rings. The number of nitrogens with one attached hydrogen (secondary N) is 1. The molecule has 1 fully saturated rings. The van der Waals surface area contributed by atoms with Crippen LogP contribution in [0.4, 0.5) is 19.0 Å². The maximum absolute atomic E-state index is 12.0. The van der Waals surface area contributed by atoms with E-state index in [0.717, 1.165) is 18.5 Å². The second-order valence-corrected chi connectivity index (χ2v) is 5.34. The van der Waals surface area contributed by atoms with Gasteiger partial charge in [-0.1, -0.05) is 19.3 Å². The lowest BCUT2D eigenvalue weighted by Gasteiger charge is -2.20. The molecule has 0 aliphatic heterocycles. The van der Waals surface area contributed by atoms with Crippen LogP contribution in [0.25, 0.3) is 0 Å². The van der Waals surface area contributed by atoms with Gasteiger partial charge in [-0.3, -0.25) is 4.79 Å². The fraction of sp³-hybridized carbons (Fsp3) is 0.643. The maximum atomic E-state index is 12.0. The highest BCUT2D eigenvalue weighted by atomic mass is 19.4. The van der Waals surface area contributed by atoms with Crippen LogP contribution >= 0.6 is 0 Å². The highest BCUT2D eigenvalue weighted by Crippen LogP contribution is 2.31. The highest BCUT2D eigenvalue weighted by molar-refractivity contribution is 5.89. The molecule has 4 nitrogen and oxygen atoms in total. The SMILES string of the molecule is O=C(CCC(F)(F)F)Nc1ccc(C2CCCCC2)nn1. The number of anilines is 1. The molecule has 2 rings (SSSR count). The van der Waals surface area contributed by atoms with E-state index < -0.39 is 24.9 Å². The molecule has 1 amide bonds. The third kappa shape index (κ3) is 5.32. The van der Waals surface area contributed by atoms with Gasteiger partial charge in [-0.25, -0.2) is 0 Å². The Bertz CT molecular complexity index is 467. The minimum absolute atomic E-state index is 0.196. The lowest BCUT2D eigenvalue weighted by molar-refractivity contribution is -0.142. The Morgan fingerprint density at radius 3 is 2.48 bits per heavy atom. The highest BCUT2D eigenvalue weighted by Gasteiger charge is 2.28. The zero-order chi connectivity index (χ0) is 15.3. The van der Waals surface area contributed by atoms with Gasteiger partial charge in [0.2, 0.25) is 5.91 Å². The van der Waals surface area contributed by atoms with E-state index in [1.165, 1.54) is 19.3 Å². The zero-order valence-electron chi connectivity index (χ0n) is 11.6. The van der Waals surface area contributed by atoms with Crippen molar-refractivity contribution in [3.05, 3.63) is 17.8 Å². The van der Waals surface area contributed by atoms with Gasteiger partial charge in [0.05, 0.1) is 12.1 Å². The lowest BCUT2D eigenvalue weighted by Crippen LogP contribution is -2.17. The average Bonchev–Trinajstić information content (AvgIpc) is 2.46. The van der Waals surface area contributed by atoms with E-state index in [1.807, 2.05) is 0 Å². The summed E-state index contributed by atoms with van der Waals surface area (Å²) in [6.45, 7) is 0. The predicted octanol–water partition coefficient (Wildman–Crippen LogP) is 3.81. The molecule has 21 heavy (non-hydrogen) atoms. The second kappa shape index (κ2) is 6.87. The molecule has 0 aromatic carbocycles. The van der Waals surface area contributed by atoms with E-state index in [0.29, 0.717) is 5.92 Å². The molecule has 0 unspecified atom stereocenters. The van der Waals surface area contributed by atoms with Gasteiger partial charge in [-0.2, -0.15) is 18.3 Å². The van der Waals surface area contributed by atoms with Crippen molar-refractivity contribution in [2.24, 2.45) is 0 Å². The van der Waals surface area contributed by atoms with E-state index in [2.05, 4.69) is 15.5 Å². The number of aromatic nitrogens is 2. The molecule has 1 aliphatic carbocycles. The fourth-order valence-corrected chi connectivity index (χ4v) is 2.49. The quantitative estimate of drug-likeness (QED) is 0.920. The summed E-state index contributed by atoms with van der Waals surface area (Å²) in [5.41, 5.74) is 0.892. The minimum atomic E-state index is -4.33. The van der Waals surface area contributed by atoms with Crippen LogP contribution in [0.3, 0.4) is 0 Å². The molecule has 0 saturated heterocycles. The van der Waals surface area contributed by atoms with Gasteiger partial charge in [0.1, 0.15) is 0 Å². The molecule has 0 radical (unpaired) electrons.